The molecule has 9 heavy (non-hydrogen) atoms. The Balaban J connectivity index is 2.32. The second-order valence-corrected chi connectivity index (χ2v) is 2.09. The summed E-state index contributed by atoms with van der Waals surface area (Å²) in [5, 5.41) is 0. The van der Waals surface area contributed by atoms with E-state index in [9.17, 15) is 0 Å². The van der Waals surface area contributed by atoms with Crippen molar-refractivity contribution >= 4 is 0 Å². The standard InChI is InChI=1S/C8H12O/c1-2-9-7-8-5-3-4-6-8/h3,5,7H,2,4,6H2,1H3. The van der Waals surface area contributed by atoms with Gasteiger partial charge in [-0.1, -0.05) is 12.2 Å². The lowest BCUT2D eigenvalue weighted by Crippen LogP contribution is -1.79. The first kappa shape index (κ1) is 6.40. The number of ether oxygens (including phenoxy) is 1. The molecule has 0 atom stereocenters. The highest BCUT2D eigenvalue weighted by Gasteiger charge is 1.97. The molecule has 0 fully saturated rings. The fraction of sp³-hybridized carbons (Fsp3) is 0.500. The summed E-state index contributed by atoms with van der Waals surface area (Å²) >= 11 is 0. The summed E-state index contributed by atoms with van der Waals surface area (Å²) in [6, 6.07) is 0. The summed E-state index contributed by atoms with van der Waals surface area (Å²) in [5.74, 6) is 0. The Hall–Kier alpha value is -0.720. The third-order valence-corrected chi connectivity index (χ3v) is 1.33. The summed E-state index contributed by atoms with van der Waals surface area (Å²) in [4.78, 5) is 0. The molecule has 1 aliphatic rings. The van der Waals surface area contributed by atoms with Crippen LogP contribution in [-0.4, -0.2) is 6.61 Å². The minimum Gasteiger partial charge on any atom is -0.501 e. The lowest BCUT2D eigenvalue weighted by atomic mass is 10.3. The van der Waals surface area contributed by atoms with Gasteiger partial charge < -0.3 is 4.74 Å². The van der Waals surface area contributed by atoms with Crippen LogP contribution in [0.4, 0.5) is 0 Å². The van der Waals surface area contributed by atoms with Gasteiger partial charge in [0.2, 0.25) is 0 Å². The molecule has 0 aromatic heterocycles. The molecule has 1 heteroatoms. The van der Waals surface area contributed by atoms with E-state index in [0.29, 0.717) is 0 Å². The topological polar surface area (TPSA) is 9.23 Å². The zero-order chi connectivity index (χ0) is 6.53. The lowest BCUT2D eigenvalue weighted by molar-refractivity contribution is 0.266. The summed E-state index contributed by atoms with van der Waals surface area (Å²) in [6.45, 7) is 2.77. The van der Waals surface area contributed by atoms with Gasteiger partial charge in [0.1, 0.15) is 0 Å². The SMILES string of the molecule is CCOC=C1C=CCC1. The van der Waals surface area contributed by atoms with Gasteiger partial charge in [-0.15, -0.1) is 0 Å². The molecule has 50 valence electrons. The van der Waals surface area contributed by atoms with Crippen molar-refractivity contribution in [1.29, 1.82) is 0 Å². The van der Waals surface area contributed by atoms with Crippen molar-refractivity contribution in [2.24, 2.45) is 0 Å². The second kappa shape index (κ2) is 3.33. The molecule has 0 aliphatic heterocycles. The average Bonchev–Trinajstić information content (AvgIpc) is 2.34. The van der Waals surface area contributed by atoms with Crippen LogP contribution in [0.2, 0.25) is 0 Å². The molecular weight excluding hydrogens is 112 g/mol. The first-order chi connectivity index (χ1) is 4.43. The number of allylic oxidation sites excluding steroid dienone is 3. The lowest BCUT2D eigenvalue weighted by Gasteiger charge is -1.94. The molecular formula is C8H12O. The Labute approximate surface area is 56.0 Å². The molecule has 0 saturated heterocycles. The molecule has 1 rings (SSSR count). The van der Waals surface area contributed by atoms with E-state index in [1.54, 1.807) is 0 Å². The van der Waals surface area contributed by atoms with E-state index < -0.39 is 0 Å². The Morgan fingerprint density at radius 3 is 3.22 bits per heavy atom. The van der Waals surface area contributed by atoms with Gasteiger partial charge >= 0.3 is 0 Å². The van der Waals surface area contributed by atoms with E-state index >= 15 is 0 Å². The maximum Gasteiger partial charge on any atom is 0.0860 e. The molecule has 0 heterocycles. The molecule has 0 unspecified atom stereocenters. The van der Waals surface area contributed by atoms with E-state index in [0.717, 1.165) is 13.0 Å². The Morgan fingerprint density at radius 1 is 1.78 bits per heavy atom. The maximum absolute atomic E-state index is 5.10. The van der Waals surface area contributed by atoms with Gasteiger partial charge in [0, 0.05) is 0 Å². The molecule has 0 N–H and O–H groups in total. The highest BCUT2D eigenvalue weighted by molar-refractivity contribution is 5.22. The number of hydrogen-bond donors (Lipinski definition) is 0. The van der Waals surface area contributed by atoms with E-state index in [2.05, 4.69) is 12.2 Å². The first-order valence-electron chi connectivity index (χ1n) is 3.40. The van der Waals surface area contributed by atoms with Crippen molar-refractivity contribution in [3.05, 3.63) is 24.0 Å². The highest BCUT2D eigenvalue weighted by atomic mass is 16.5. The molecule has 1 aliphatic carbocycles. The minimum atomic E-state index is 0.775. The van der Waals surface area contributed by atoms with E-state index in [1.165, 1.54) is 12.0 Å². The van der Waals surface area contributed by atoms with E-state index in [4.69, 9.17) is 4.74 Å². The molecule has 1 nitrogen and oxygen atoms in total. The van der Waals surface area contributed by atoms with Crippen molar-refractivity contribution in [3.8, 4) is 0 Å². The van der Waals surface area contributed by atoms with Crippen LogP contribution in [0.1, 0.15) is 19.8 Å². The number of hydrogen-bond acceptors (Lipinski definition) is 1. The summed E-state index contributed by atoms with van der Waals surface area (Å²) in [5.41, 5.74) is 1.32. The van der Waals surface area contributed by atoms with Gasteiger partial charge in [0.25, 0.3) is 0 Å². The van der Waals surface area contributed by atoms with E-state index in [-0.39, 0.29) is 0 Å². The van der Waals surface area contributed by atoms with Crippen LogP contribution in [-0.2, 0) is 4.74 Å². The predicted molar refractivity (Wildman–Crippen MR) is 38.1 cm³/mol. The van der Waals surface area contributed by atoms with Crippen LogP contribution < -0.4 is 0 Å². The van der Waals surface area contributed by atoms with Gasteiger partial charge in [0.15, 0.2) is 0 Å². The summed E-state index contributed by atoms with van der Waals surface area (Å²) < 4.78 is 5.10. The van der Waals surface area contributed by atoms with Gasteiger partial charge in [-0.05, 0) is 25.3 Å². The smallest absolute Gasteiger partial charge is 0.0860 e. The Morgan fingerprint density at radius 2 is 2.67 bits per heavy atom. The molecule has 0 radical (unpaired) electrons. The van der Waals surface area contributed by atoms with Gasteiger partial charge in [-0.3, -0.25) is 0 Å². The predicted octanol–water partition coefficient (Wildman–Crippen LogP) is 2.26. The van der Waals surface area contributed by atoms with Crippen molar-refractivity contribution in [2.45, 2.75) is 19.8 Å². The van der Waals surface area contributed by atoms with Crippen LogP contribution in [0.25, 0.3) is 0 Å². The molecule has 0 spiro atoms. The largest absolute Gasteiger partial charge is 0.501 e. The quantitative estimate of drug-likeness (QED) is 0.513. The monoisotopic (exact) mass is 124 g/mol. The van der Waals surface area contributed by atoms with Crippen LogP contribution in [0.15, 0.2) is 24.0 Å². The molecule has 0 bridgehead atoms. The van der Waals surface area contributed by atoms with Crippen molar-refractivity contribution in [3.63, 3.8) is 0 Å². The summed E-state index contributed by atoms with van der Waals surface area (Å²) in [6.07, 6.45) is 8.48. The van der Waals surface area contributed by atoms with Crippen molar-refractivity contribution < 1.29 is 4.74 Å². The van der Waals surface area contributed by atoms with E-state index in [1.807, 2.05) is 13.2 Å². The van der Waals surface area contributed by atoms with Crippen LogP contribution in [0.5, 0.6) is 0 Å². The second-order valence-electron chi connectivity index (χ2n) is 2.09. The third-order valence-electron chi connectivity index (χ3n) is 1.33. The molecule has 0 aromatic carbocycles. The van der Waals surface area contributed by atoms with Gasteiger partial charge in [-0.2, -0.15) is 0 Å². The van der Waals surface area contributed by atoms with Crippen molar-refractivity contribution in [2.75, 3.05) is 6.61 Å². The van der Waals surface area contributed by atoms with Crippen LogP contribution >= 0.6 is 0 Å². The molecule has 0 saturated carbocycles. The molecule has 0 aromatic rings. The first-order valence-corrected chi connectivity index (χ1v) is 3.40. The van der Waals surface area contributed by atoms with Gasteiger partial charge in [0.05, 0.1) is 12.9 Å². The zero-order valence-corrected chi connectivity index (χ0v) is 5.76. The normalized spacial score (nSPS) is 21.2. The van der Waals surface area contributed by atoms with Crippen LogP contribution in [0.3, 0.4) is 0 Å². The number of rotatable bonds is 2. The molecule has 0 amide bonds. The zero-order valence-electron chi connectivity index (χ0n) is 5.76. The fourth-order valence-corrected chi connectivity index (χ4v) is 0.857. The Kier molecular flexibility index (Phi) is 2.37. The third kappa shape index (κ3) is 1.92. The van der Waals surface area contributed by atoms with Crippen LogP contribution in [0, 0.1) is 0 Å². The minimum absolute atomic E-state index is 0.775. The van der Waals surface area contributed by atoms with Crippen molar-refractivity contribution in [1.82, 2.24) is 0 Å². The average molecular weight is 124 g/mol. The maximum atomic E-state index is 5.10. The fourth-order valence-electron chi connectivity index (χ4n) is 0.857. The highest BCUT2D eigenvalue weighted by Crippen LogP contribution is 2.14. The summed E-state index contributed by atoms with van der Waals surface area (Å²) in [7, 11) is 0. The van der Waals surface area contributed by atoms with Gasteiger partial charge in [-0.25, -0.2) is 0 Å². The Bertz CT molecular complexity index is 134.